The second-order valence-electron chi connectivity index (χ2n) is 3.86. The van der Waals surface area contributed by atoms with Crippen LogP contribution in [0.1, 0.15) is 13.8 Å². The Morgan fingerprint density at radius 3 is 2.67 bits per heavy atom. The lowest BCUT2D eigenvalue weighted by atomic mass is 9.88. The highest BCUT2D eigenvalue weighted by Crippen LogP contribution is 2.27. The van der Waals surface area contributed by atoms with Crippen molar-refractivity contribution in [3.63, 3.8) is 0 Å². The number of hydrogen-bond donors (Lipinski definition) is 1. The Bertz CT molecular complexity index is 150. The van der Waals surface area contributed by atoms with E-state index in [0.29, 0.717) is 13.2 Å². The Balaban J connectivity index is 2.32. The van der Waals surface area contributed by atoms with E-state index in [9.17, 15) is 8.78 Å². The molecule has 1 saturated heterocycles. The predicted molar refractivity (Wildman–Crippen MR) is 42.4 cm³/mol. The molecule has 1 aliphatic heterocycles. The van der Waals surface area contributed by atoms with Crippen LogP contribution in [0, 0.1) is 5.41 Å². The number of hydrogen-bond acceptors (Lipinski definition) is 2. The van der Waals surface area contributed by atoms with Crippen LogP contribution in [-0.2, 0) is 4.74 Å². The summed E-state index contributed by atoms with van der Waals surface area (Å²) in [5.74, 6) is 0. The third-order valence-corrected chi connectivity index (χ3v) is 2.22. The van der Waals surface area contributed by atoms with Crippen LogP contribution in [0.3, 0.4) is 0 Å². The predicted octanol–water partition coefficient (Wildman–Crippen LogP) is 1.27. The van der Waals surface area contributed by atoms with E-state index in [1.165, 1.54) is 0 Å². The molecule has 0 aromatic heterocycles. The highest BCUT2D eigenvalue weighted by Gasteiger charge is 2.35. The fourth-order valence-electron chi connectivity index (χ4n) is 1.33. The average molecular weight is 179 g/mol. The number of nitrogens with one attached hydrogen (secondary N) is 1. The van der Waals surface area contributed by atoms with Gasteiger partial charge in [-0.2, -0.15) is 0 Å². The maximum absolute atomic E-state index is 11.8. The summed E-state index contributed by atoms with van der Waals surface area (Å²) in [7, 11) is 0. The summed E-state index contributed by atoms with van der Waals surface area (Å²) in [6.45, 7) is 4.98. The van der Waals surface area contributed by atoms with Crippen LogP contribution in [0.15, 0.2) is 0 Å². The van der Waals surface area contributed by atoms with Crippen molar-refractivity contribution < 1.29 is 13.5 Å². The second kappa shape index (κ2) is 3.66. The van der Waals surface area contributed by atoms with Crippen molar-refractivity contribution in [2.75, 3.05) is 19.8 Å². The fourth-order valence-corrected chi connectivity index (χ4v) is 1.33. The van der Waals surface area contributed by atoms with Crippen LogP contribution in [-0.4, -0.2) is 32.2 Å². The zero-order valence-electron chi connectivity index (χ0n) is 7.44. The van der Waals surface area contributed by atoms with Crippen molar-refractivity contribution in [1.82, 2.24) is 5.32 Å². The van der Waals surface area contributed by atoms with Crippen LogP contribution >= 0.6 is 0 Å². The SMILES string of the molecule is CC1(C)COCC1NCC(F)F. The molecule has 4 heteroatoms. The van der Waals surface area contributed by atoms with Gasteiger partial charge in [0.05, 0.1) is 19.8 Å². The Morgan fingerprint density at radius 1 is 1.58 bits per heavy atom. The summed E-state index contributed by atoms with van der Waals surface area (Å²) in [5, 5.41) is 2.80. The molecule has 0 spiro atoms. The first-order chi connectivity index (χ1) is 5.52. The zero-order valence-corrected chi connectivity index (χ0v) is 7.44. The summed E-state index contributed by atoms with van der Waals surface area (Å²) in [5.41, 5.74) is -0.0190. The molecule has 1 rings (SSSR count). The van der Waals surface area contributed by atoms with Crippen molar-refractivity contribution in [3.8, 4) is 0 Å². The second-order valence-corrected chi connectivity index (χ2v) is 3.86. The number of ether oxygens (including phenoxy) is 1. The average Bonchev–Trinajstić information content (AvgIpc) is 2.25. The van der Waals surface area contributed by atoms with Crippen LogP contribution < -0.4 is 5.32 Å². The normalized spacial score (nSPS) is 28.2. The Morgan fingerprint density at radius 2 is 2.25 bits per heavy atom. The number of alkyl halides is 2. The summed E-state index contributed by atoms with van der Waals surface area (Å²) in [4.78, 5) is 0. The van der Waals surface area contributed by atoms with Gasteiger partial charge < -0.3 is 10.1 Å². The van der Waals surface area contributed by atoms with E-state index in [1.807, 2.05) is 13.8 Å². The lowest BCUT2D eigenvalue weighted by molar-refractivity contribution is 0.134. The molecule has 0 aromatic rings. The molecule has 0 bridgehead atoms. The van der Waals surface area contributed by atoms with Crippen molar-refractivity contribution in [2.45, 2.75) is 26.3 Å². The molecule has 1 aliphatic rings. The lowest BCUT2D eigenvalue weighted by Crippen LogP contribution is -2.42. The minimum atomic E-state index is -2.28. The summed E-state index contributed by atoms with van der Waals surface area (Å²) >= 11 is 0. The first kappa shape index (κ1) is 9.86. The van der Waals surface area contributed by atoms with E-state index in [-0.39, 0.29) is 18.0 Å². The van der Waals surface area contributed by atoms with E-state index >= 15 is 0 Å². The molecular formula is C8H15F2NO. The molecule has 0 aromatic carbocycles. The lowest BCUT2D eigenvalue weighted by Gasteiger charge is -2.25. The molecule has 0 saturated carbocycles. The fraction of sp³-hybridized carbons (Fsp3) is 1.00. The molecule has 2 nitrogen and oxygen atoms in total. The smallest absolute Gasteiger partial charge is 0.250 e. The van der Waals surface area contributed by atoms with Gasteiger partial charge in [0.25, 0.3) is 6.43 Å². The van der Waals surface area contributed by atoms with Crippen molar-refractivity contribution in [3.05, 3.63) is 0 Å². The van der Waals surface area contributed by atoms with Gasteiger partial charge in [-0.05, 0) is 0 Å². The Kier molecular flexibility index (Phi) is 3.01. The van der Waals surface area contributed by atoms with Crippen molar-refractivity contribution >= 4 is 0 Å². The van der Waals surface area contributed by atoms with E-state index in [2.05, 4.69) is 5.32 Å². The topological polar surface area (TPSA) is 21.3 Å². The molecule has 1 atom stereocenters. The van der Waals surface area contributed by atoms with Crippen molar-refractivity contribution in [1.29, 1.82) is 0 Å². The first-order valence-corrected chi connectivity index (χ1v) is 4.11. The number of rotatable bonds is 3. The van der Waals surface area contributed by atoms with Gasteiger partial charge in [0.15, 0.2) is 0 Å². The molecule has 0 radical (unpaired) electrons. The van der Waals surface area contributed by atoms with E-state index in [4.69, 9.17) is 4.74 Å². The standard InChI is InChI=1S/C8H15F2NO/c1-8(2)5-12-4-6(8)11-3-7(9)10/h6-7,11H,3-5H2,1-2H3. The molecule has 1 N–H and O–H groups in total. The molecule has 1 unspecified atom stereocenters. The molecule has 1 fully saturated rings. The van der Waals surface area contributed by atoms with Crippen LogP contribution in [0.4, 0.5) is 8.78 Å². The van der Waals surface area contributed by atoms with Gasteiger partial charge in [-0.25, -0.2) is 8.78 Å². The van der Waals surface area contributed by atoms with Crippen molar-refractivity contribution in [2.24, 2.45) is 5.41 Å². The number of halogens is 2. The third kappa shape index (κ3) is 2.38. The van der Waals surface area contributed by atoms with Gasteiger partial charge >= 0.3 is 0 Å². The van der Waals surface area contributed by atoms with Crippen LogP contribution in [0.5, 0.6) is 0 Å². The molecular weight excluding hydrogens is 164 g/mol. The molecule has 12 heavy (non-hydrogen) atoms. The van der Waals surface area contributed by atoms with E-state index in [0.717, 1.165) is 0 Å². The van der Waals surface area contributed by atoms with E-state index in [1.54, 1.807) is 0 Å². The molecule has 0 aliphatic carbocycles. The van der Waals surface area contributed by atoms with E-state index < -0.39 is 6.43 Å². The third-order valence-electron chi connectivity index (χ3n) is 2.22. The molecule has 0 amide bonds. The Hall–Kier alpha value is -0.220. The van der Waals surface area contributed by atoms with Crippen LogP contribution in [0.2, 0.25) is 0 Å². The molecule has 72 valence electrons. The maximum atomic E-state index is 11.8. The van der Waals surface area contributed by atoms with Gasteiger partial charge in [-0.15, -0.1) is 0 Å². The van der Waals surface area contributed by atoms with Gasteiger partial charge in [-0.3, -0.25) is 0 Å². The monoisotopic (exact) mass is 179 g/mol. The van der Waals surface area contributed by atoms with Gasteiger partial charge in [0.1, 0.15) is 0 Å². The summed E-state index contributed by atoms with van der Waals surface area (Å²) < 4.78 is 28.9. The highest BCUT2D eigenvalue weighted by atomic mass is 19.3. The minimum absolute atomic E-state index is 0.0190. The first-order valence-electron chi connectivity index (χ1n) is 4.11. The quantitative estimate of drug-likeness (QED) is 0.704. The Labute approximate surface area is 71.3 Å². The summed E-state index contributed by atoms with van der Waals surface area (Å²) in [6.07, 6.45) is -2.28. The van der Waals surface area contributed by atoms with Crippen LogP contribution in [0.25, 0.3) is 0 Å². The minimum Gasteiger partial charge on any atom is -0.379 e. The van der Waals surface area contributed by atoms with Gasteiger partial charge in [0.2, 0.25) is 0 Å². The maximum Gasteiger partial charge on any atom is 0.250 e. The van der Waals surface area contributed by atoms with Gasteiger partial charge in [0, 0.05) is 11.5 Å². The summed E-state index contributed by atoms with van der Waals surface area (Å²) in [6, 6.07) is 0.0616. The molecule has 1 heterocycles. The largest absolute Gasteiger partial charge is 0.379 e. The van der Waals surface area contributed by atoms with Gasteiger partial charge in [-0.1, -0.05) is 13.8 Å². The zero-order chi connectivity index (χ0) is 9.19. The highest BCUT2D eigenvalue weighted by molar-refractivity contribution is 4.88.